The lowest BCUT2D eigenvalue weighted by molar-refractivity contribution is -0.118. The topological polar surface area (TPSA) is 60.5 Å². The molecule has 0 bridgehead atoms. The van der Waals surface area contributed by atoms with Gasteiger partial charge < -0.3 is 14.8 Å². The van der Waals surface area contributed by atoms with Crippen LogP contribution in [-0.4, -0.2) is 24.6 Å². The first kappa shape index (κ1) is 15.8. The lowest BCUT2D eigenvalue weighted by Gasteiger charge is -2.12. The highest BCUT2D eigenvalue weighted by Crippen LogP contribution is 2.26. The number of carbonyl (C=O) groups excluding carboxylic acids is 1. The maximum Gasteiger partial charge on any atom is 0.262 e. The molecule has 3 rings (SSSR count). The van der Waals surface area contributed by atoms with Crippen molar-refractivity contribution in [2.24, 2.45) is 0 Å². The second-order valence-electron chi connectivity index (χ2n) is 5.37. The zero-order chi connectivity index (χ0) is 16.9. The van der Waals surface area contributed by atoms with Crippen LogP contribution >= 0.6 is 0 Å². The van der Waals surface area contributed by atoms with Crippen LogP contribution in [0.3, 0.4) is 0 Å². The fourth-order valence-corrected chi connectivity index (χ4v) is 2.44. The number of hydrogen-bond acceptors (Lipinski definition) is 4. The van der Waals surface area contributed by atoms with Gasteiger partial charge in [-0.1, -0.05) is 24.3 Å². The summed E-state index contributed by atoms with van der Waals surface area (Å²) >= 11 is 0. The number of rotatable bonds is 5. The Morgan fingerprint density at radius 3 is 2.79 bits per heavy atom. The maximum atomic E-state index is 12.2. The first-order valence-corrected chi connectivity index (χ1v) is 7.58. The van der Waals surface area contributed by atoms with Gasteiger partial charge in [-0.25, -0.2) is 0 Å². The summed E-state index contributed by atoms with van der Waals surface area (Å²) in [6, 6.07) is 15.0. The third kappa shape index (κ3) is 3.46. The summed E-state index contributed by atoms with van der Waals surface area (Å²) in [5, 5.41) is 3.78. The van der Waals surface area contributed by atoms with Crippen molar-refractivity contribution >= 4 is 22.5 Å². The van der Waals surface area contributed by atoms with Crippen LogP contribution in [0.5, 0.6) is 11.5 Å². The molecule has 0 unspecified atom stereocenters. The Balaban J connectivity index is 1.71. The Morgan fingerprint density at radius 1 is 1.12 bits per heavy atom. The molecule has 2 aromatic carbocycles. The molecule has 5 heteroatoms. The minimum absolute atomic E-state index is 0.104. The smallest absolute Gasteiger partial charge is 0.262 e. The van der Waals surface area contributed by atoms with E-state index in [1.54, 1.807) is 19.4 Å². The Bertz CT molecular complexity index is 872. The number of methoxy groups -OCH3 is 1. The minimum Gasteiger partial charge on any atom is -0.495 e. The molecule has 1 N–H and O–H groups in total. The number of nitrogens with zero attached hydrogens (tertiary/aromatic N) is 1. The summed E-state index contributed by atoms with van der Waals surface area (Å²) in [4.78, 5) is 16.5. The van der Waals surface area contributed by atoms with E-state index in [1.165, 1.54) is 0 Å². The molecule has 3 aromatic rings. The Hall–Kier alpha value is -3.08. The van der Waals surface area contributed by atoms with E-state index in [9.17, 15) is 4.79 Å². The van der Waals surface area contributed by atoms with Crippen molar-refractivity contribution in [3.63, 3.8) is 0 Å². The van der Waals surface area contributed by atoms with Crippen molar-refractivity contribution in [3.8, 4) is 11.5 Å². The molecular weight excluding hydrogens is 304 g/mol. The Morgan fingerprint density at radius 2 is 1.96 bits per heavy atom. The van der Waals surface area contributed by atoms with E-state index < -0.39 is 0 Å². The summed E-state index contributed by atoms with van der Waals surface area (Å²) in [6.07, 6.45) is 1.70. The van der Waals surface area contributed by atoms with E-state index in [0.29, 0.717) is 17.2 Å². The van der Waals surface area contributed by atoms with Gasteiger partial charge in [0, 0.05) is 11.6 Å². The summed E-state index contributed by atoms with van der Waals surface area (Å²) in [7, 11) is 1.57. The molecule has 5 nitrogen and oxygen atoms in total. The summed E-state index contributed by atoms with van der Waals surface area (Å²) in [6.45, 7) is 1.85. The van der Waals surface area contributed by atoms with Crippen molar-refractivity contribution in [1.82, 2.24) is 4.98 Å². The van der Waals surface area contributed by atoms with Crippen LogP contribution in [0, 0.1) is 6.92 Å². The van der Waals surface area contributed by atoms with Crippen LogP contribution in [0.1, 0.15) is 5.56 Å². The van der Waals surface area contributed by atoms with Crippen LogP contribution < -0.4 is 14.8 Å². The molecule has 0 fully saturated rings. The van der Waals surface area contributed by atoms with Gasteiger partial charge in [0.05, 0.1) is 12.8 Å². The highest BCUT2D eigenvalue weighted by atomic mass is 16.5. The van der Waals surface area contributed by atoms with Gasteiger partial charge in [-0.15, -0.1) is 0 Å². The van der Waals surface area contributed by atoms with Gasteiger partial charge in [0.25, 0.3) is 5.91 Å². The average molecular weight is 322 g/mol. The molecule has 0 spiro atoms. The number of pyridine rings is 1. The summed E-state index contributed by atoms with van der Waals surface area (Å²) in [5.74, 6) is 0.937. The number of hydrogen-bond donors (Lipinski definition) is 1. The number of anilines is 1. The average Bonchev–Trinajstić information content (AvgIpc) is 2.60. The van der Waals surface area contributed by atoms with Crippen LogP contribution in [0.15, 0.2) is 54.7 Å². The predicted octanol–water partition coefficient (Wildman–Crippen LogP) is 3.57. The molecular formula is C19H18N2O3. The molecule has 0 saturated carbocycles. The van der Waals surface area contributed by atoms with E-state index in [2.05, 4.69) is 10.3 Å². The van der Waals surface area contributed by atoms with Crippen LogP contribution in [0.4, 0.5) is 5.69 Å². The van der Waals surface area contributed by atoms with Gasteiger partial charge in [-0.2, -0.15) is 0 Å². The number of ether oxygens (including phenoxy) is 2. The number of aromatic nitrogens is 1. The zero-order valence-electron chi connectivity index (χ0n) is 13.6. The summed E-state index contributed by atoms with van der Waals surface area (Å²) in [5.41, 5.74) is 2.40. The second-order valence-corrected chi connectivity index (χ2v) is 5.37. The Kier molecular flexibility index (Phi) is 4.61. The van der Waals surface area contributed by atoms with Gasteiger partial charge in [0.15, 0.2) is 6.61 Å². The number of benzene rings is 2. The van der Waals surface area contributed by atoms with E-state index in [1.807, 2.05) is 49.4 Å². The lowest BCUT2D eigenvalue weighted by atomic mass is 10.2. The molecule has 1 aromatic heterocycles. The fraction of sp³-hybridized carbons (Fsp3) is 0.158. The maximum absolute atomic E-state index is 12.2. The van der Waals surface area contributed by atoms with Crippen molar-refractivity contribution in [1.29, 1.82) is 0 Å². The van der Waals surface area contributed by atoms with Crippen molar-refractivity contribution < 1.29 is 14.3 Å². The van der Waals surface area contributed by atoms with Crippen molar-refractivity contribution in [2.45, 2.75) is 6.92 Å². The van der Waals surface area contributed by atoms with Gasteiger partial charge in [0.2, 0.25) is 0 Å². The van der Waals surface area contributed by atoms with E-state index in [0.717, 1.165) is 16.5 Å². The second kappa shape index (κ2) is 7.00. The van der Waals surface area contributed by atoms with E-state index >= 15 is 0 Å². The van der Waals surface area contributed by atoms with Gasteiger partial charge in [0.1, 0.15) is 17.0 Å². The normalized spacial score (nSPS) is 10.4. The summed E-state index contributed by atoms with van der Waals surface area (Å²) < 4.78 is 10.9. The van der Waals surface area contributed by atoms with Crippen molar-refractivity contribution in [3.05, 3.63) is 60.3 Å². The third-order valence-corrected chi connectivity index (χ3v) is 3.58. The number of fused-ring (bicyclic) bond motifs is 1. The van der Waals surface area contributed by atoms with Gasteiger partial charge in [-0.05, 0) is 36.8 Å². The van der Waals surface area contributed by atoms with Gasteiger partial charge >= 0.3 is 0 Å². The molecule has 1 heterocycles. The lowest BCUT2D eigenvalue weighted by Crippen LogP contribution is -2.20. The van der Waals surface area contributed by atoms with E-state index in [4.69, 9.17) is 9.47 Å². The number of aryl methyl sites for hydroxylation is 1. The molecule has 0 aliphatic rings. The number of nitrogens with one attached hydrogen (secondary N) is 1. The van der Waals surface area contributed by atoms with Crippen molar-refractivity contribution in [2.75, 3.05) is 19.0 Å². The first-order chi connectivity index (χ1) is 11.7. The fourth-order valence-electron chi connectivity index (χ4n) is 2.44. The zero-order valence-corrected chi connectivity index (χ0v) is 13.6. The third-order valence-electron chi connectivity index (χ3n) is 3.58. The standard InChI is InChI=1S/C19H18N2O3/c1-13-8-9-16(23-2)15(11-13)21-18(22)12-24-17-7-3-5-14-6-4-10-20-19(14)17/h3-11H,12H2,1-2H3,(H,21,22). The van der Waals surface area contributed by atoms with E-state index in [-0.39, 0.29) is 12.5 Å². The molecule has 0 aliphatic heterocycles. The van der Waals surface area contributed by atoms with Crippen LogP contribution in [0.25, 0.3) is 10.9 Å². The molecule has 0 atom stereocenters. The molecule has 122 valence electrons. The highest BCUT2D eigenvalue weighted by Gasteiger charge is 2.10. The molecule has 0 saturated heterocycles. The Labute approximate surface area is 140 Å². The van der Waals surface area contributed by atoms with Crippen LogP contribution in [-0.2, 0) is 4.79 Å². The molecule has 1 amide bonds. The number of carbonyl (C=O) groups is 1. The number of amides is 1. The SMILES string of the molecule is COc1ccc(C)cc1NC(=O)COc1cccc2cccnc12. The number of para-hydroxylation sites is 1. The largest absolute Gasteiger partial charge is 0.495 e. The minimum atomic E-state index is -0.258. The molecule has 0 aliphatic carbocycles. The first-order valence-electron chi connectivity index (χ1n) is 7.58. The quantitative estimate of drug-likeness (QED) is 0.780. The predicted molar refractivity (Wildman–Crippen MR) is 93.6 cm³/mol. The highest BCUT2D eigenvalue weighted by molar-refractivity contribution is 5.94. The van der Waals surface area contributed by atoms with Gasteiger partial charge in [-0.3, -0.25) is 9.78 Å². The monoisotopic (exact) mass is 322 g/mol. The molecule has 0 radical (unpaired) electrons. The van der Waals surface area contributed by atoms with Crippen LogP contribution in [0.2, 0.25) is 0 Å². The molecule has 24 heavy (non-hydrogen) atoms.